The summed E-state index contributed by atoms with van der Waals surface area (Å²) in [5.41, 5.74) is 0.758. The van der Waals surface area contributed by atoms with Gasteiger partial charge in [0.05, 0.1) is 6.04 Å². The molecule has 0 bridgehead atoms. The Labute approximate surface area is 130 Å². The van der Waals surface area contributed by atoms with E-state index in [4.69, 9.17) is 0 Å². The smallest absolute Gasteiger partial charge is 0.150 e. The quantitative estimate of drug-likeness (QED) is 0.923. The molecule has 0 saturated carbocycles. The van der Waals surface area contributed by atoms with Crippen LogP contribution in [-0.4, -0.2) is 20.8 Å². The highest BCUT2D eigenvalue weighted by molar-refractivity contribution is 5.18. The van der Waals surface area contributed by atoms with Gasteiger partial charge in [0.2, 0.25) is 0 Å². The van der Waals surface area contributed by atoms with Crippen molar-refractivity contribution >= 4 is 0 Å². The third-order valence-corrected chi connectivity index (χ3v) is 4.20. The summed E-state index contributed by atoms with van der Waals surface area (Å²) in [6.45, 7) is 5.12. The highest BCUT2D eigenvalue weighted by atomic mass is 19.1. The molecule has 0 amide bonds. The molecule has 1 aromatic carbocycles. The van der Waals surface area contributed by atoms with Gasteiger partial charge in [-0.25, -0.2) is 14.1 Å². The van der Waals surface area contributed by atoms with E-state index in [9.17, 15) is 4.39 Å². The van der Waals surface area contributed by atoms with Crippen molar-refractivity contribution in [1.29, 1.82) is 0 Å². The Bertz CT molecular complexity index is 637. The molecule has 1 N–H and O–H groups in total. The molecule has 0 fully saturated rings. The van der Waals surface area contributed by atoms with Crippen molar-refractivity contribution in [1.82, 2.24) is 20.1 Å². The van der Waals surface area contributed by atoms with E-state index in [0.717, 1.165) is 43.0 Å². The first-order valence-electron chi connectivity index (χ1n) is 8.10. The summed E-state index contributed by atoms with van der Waals surface area (Å²) in [5.74, 6) is 1.81. The van der Waals surface area contributed by atoms with Crippen LogP contribution >= 0.6 is 0 Å². The van der Waals surface area contributed by atoms with Gasteiger partial charge in [-0.3, -0.25) is 0 Å². The number of hydrogen-bond donors (Lipinski definition) is 1. The lowest BCUT2D eigenvalue weighted by Crippen LogP contribution is -2.36. The summed E-state index contributed by atoms with van der Waals surface area (Å²) >= 11 is 0. The average Bonchev–Trinajstić information content (AvgIpc) is 2.94. The fourth-order valence-electron chi connectivity index (χ4n) is 3.10. The van der Waals surface area contributed by atoms with Gasteiger partial charge in [0.1, 0.15) is 11.6 Å². The molecule has 0 spiro atoms. The molecule has 118 valence electrons. The van der Waals surface area contributed by atoms with Crippen LogP contribution in [-0.2, 0) is 19.4 Å². The summed E-state index contributed by atoms with van der Waals surface area (Å²) < 4.78 is 15.8. The van der Waals surface area contributed by atoms with Crippen molar-refractivity contribution in [2.24, 2.45) is 0 Å². The lowest BCUT2D eigenvalue weighted by Gasteiger charge is -2.26. The van der Waals surface area contributed by atoms with E-state index >= 15 is 0 Å². The summed E-state index contributed by atoms with van der Waals surface area (Å²) in [7, 11) is 0. The minimum atomic E-state index is -0.128. The Morgan fingerprint density at radius 3 is 3.00 bits per heavy atom. The molecule has 1 aliphatic heterocycles. The van der Waals surface area contributed by atoms with E-state index in [0.29, 0.717) is 6.42 Å². The molecule has 0 saturated heterocycles. The SMILES string of the molecule is CCc1nc2n(n1)CCC[C@H]2N[C@H](C)Cc1ccccc1F. The number of aryl methyl sites for hydroxylation is 2. The first kappa shape index (κ1) is 15.2. The number of halogens is 1. The Hall–Kier alpha value is -1.75. The van der Waals surface area contributed by atoms with Crippen LogP contribution in [0.3, 0.4) is 0 Å². The molecule has 2 atom stereocenters. The maximum absolute atomic E-state index is 13.8. The third kappa shape index (κ3) is 3.19. The summed E-state index contributed by atoms with van der Waals surface area (Å²) in [6.07, 6.45) is 3.70. The zero-order chi connectivity index (χ0) is 15.5. The normalized spacial score (nSPS) is 19.0. The highest BCUT2D eigenvalue weighted by Gasteiger charge is 2.25. The minimum absolute atomic E-state index is 0.128. The van der Waals surface area contributed by atoms with E-state index in [1.165, 1.54) is 6.07 Å². The van der Waals surface area contributed by atoms with E-state index in [1.807, 2.05) is 16.8 Å². The largest absolute Gasteiger partial charge is 0.304 e. The van der Waals surface area contributed by atoms with Crippen LogP contribution in [0.1, 0.15) is 49.9 Å². The van der Waals surface area contributed by atoms with Crippen LogP contribution in [0, 0.1) is 5.82 Å². The number of nitrogens with zero attached hydrogens (tertiary/aromatic N) is 3. The average molecular weight is 302 g/mol. The molecule has 0 unspecified atom stereocenters. The van der Waals surface area contributed by atoms with Crippen molar-refractivity contribution in [3.8, 4) is 0 Å². The van der Waals surface area contributed by atoms with Gasteiger partial charge in [0.15, 0.2) is 5.82 Å². The van der Waals surface area contributed by atoms with E-state index in [1.54, 1.807) is 6.07 Å². The van der Waals surface area contributed by atoms with E-state index in [2.05, 4.69) is 29.2 Å². The van der Waals surface area contributed by atoms with Gasteiger partial charge < -0.3 is 5.32 Å². The standard InChI is InChI=1S/C17H23FN4/c1-3-16-20-17-15(9-6-10-22(17)21-16)19-12(2)11-13-7-4-5-8-14(13)18/h4-5,7-8,12,15,19H,3,6,9-11H2,1-2H3/t12-,15-/m1/s1. The second kappa shape index (κ2) is 6.57. The van der Waals surface area contributed by atoms with Gasteiger partial charge in [-0.05, 0) is 37.8 Å². The maximum atomic E-state index is 13.8. The number of benzene rings is 1. The molecule has 1 aromatic heterocycles. The Kier molecular flexibility index (Phi) is 4.52. The topological polar surface area (TPSA) is 42.7 Å². The predicted molar refractivity (Wildman–Crippen MR) is 84.1 cm³/mol. The molecule has 3 rings (SSSR count). The Morgan fingerprint density at radius 2 is 2.23 bits per heavy atom. The first-order chi connectivity index (χ1) is 10.7. The molecule has 22 heavy (non-hydrogen) atoms. The molecule has 2 heterocycles. The fourth-order valence-corrected chi connectivity index (χ4v) is 3.10. The van der Waals surface area contributed by atoms with Crippen LogP contribution < -0.4 is 5.32 Å². The van der Waals surface area contributed by atoms with Crippen molar-refractivity contribution in [2.45, 2.75) is 58.2 Å². The van der Waals surface area contributed by atoms with Gasteiger partial charge in [0.25, 0.3) is 0 Å². The number of nitrogens with one attached hydrogen (secondary N) is 1. The summed E-state index contributed by atoms with van der Waals surface area (Å²) in [5, 5.41) is 8.13. The number of hydrogen-bond acceptors (Lipinski definition) is 3. The van der Waals surface area contributed by atoms with E-state index < -0.39 is 0 Å². The third-order valence-electron chi connectivity index (χ3n) is 4.20. The number of rotatable bonds is 5. The molecule has 5 heteroatoms. The highest BCUT2D eigenvalue weighted by Crippen LogP contribution is 2.24. The predicted octanol–water partition coefficient (Wildman–Crippen LogP) is 3.04. The number of aromatic nitrogens is 3. The fraction of sp³-hybridized carbons (Fsp3) is 0.529. The molecule has 1 aliphatic rings. The first-order valence-corrected chi connectivity index (χ1v) is 8.10. The van der Waals surface area contributed by atoms with Crippen molar-refractivity contribution < 1.29 is 4.39 Å². The second-order valence-corrected chi connectivity index (χ2v) is 6.02. The Morgan fingerprint density at radius 1 is 1.41 bits per heavy atom. The van der Waals surface area contributed by atoms with Crippen LogP contribution in [0.25, 0.3) is 0 Å². The van der Waals surface area contributed by atoms with Crippen LogP contribution in [0.4, 0.5) is 4.39 Å². The van der Waals surface area contributed by atoms with Gasteiger partial charge in [-0.1, -0.05) is 25.1 Å². The minimum Gasteiger partial charge on any atom is -0.304 e. The summed E-state index contributed by atoms with van der Waals surface area (Å²) in [4.78, 5) is 4.64. The van der Waals surface area contributed by atoms with Crippen LogP contribution in [0.15, 0.2) is 24.3 Å². The van der Waals surface area contributed by atoms with Gasteiger partial charge >= 0.3 is 0 Å². The second-order valence-electron chi connectivity index (χ2n) is 6.02. The van der Waals surface area contributed by atoms with Crippen molar-refractivity contribution in [2.75, 3.05) is 0 Å². The van der Waals surface area contributed by atoms with Crippen LogP contribution in [0.2, 0.25) is 0 Å². The molecule has 4 nitrogen and oxygen atoms in total. The summed E-state index contributed by atoms with van der Waals surface area (Å²) in [6, 6.07) is 7.39. The molecule has 0 aliphatic carbocycles. The Balaban J connectivity index is 1.69. The lowest BCUT2D eigenvalue weighted by molar-refractivity contribution is 0.339. The zero-order valence-electron chi connectivity index (χ0n) is 13.2. The van der Waals surface area contributed by atoms with Crippen molar-refractivity contribution in [3.63, 3.8) is 0 Å². The molecule has 0 radical (unpaired) electrons. The monoisotopic (exact) mass is 302 g/mol. The van der Waals surface area contributed by atoms with Gasteiger partial charge in [0, 0.05) is 19.0 Å². The zero-order valence-corrected chi connectivity index (χ0v) is 13.2. The number of fused-ring (bicyclic) bond motifs is 1. The van der Waals surface area contributed by atoms with Crippen LogP contribution in [0.5, 0.6) is 0 Å². The van der Waals surface area contributed by atoms with Gasteiger partial charge in [-0.2, -0.15) is 5.10 Å². The maximum Gasteiger partial charge on any atom is 0.150 e. The van der Waals surface area contributed by atoms with Crippen molar-refractivity contribution in [3.05, 3.63) is 47.3 Å². The molecular weight excluding hydrogens is 279 g/mol. The lowest BCUT2D eigenvalue weighted by atomic mass is 10.0. The molecule has 2 aromatic rings. The van der Waals surface area contributed by atoms with E-state index in [-0.39, 0.29) is 17.9 Å². The molecular formula is C17H23FN4. The van der Waals surface area contributed by atoms with Gasteiger partial charge in [-0.15, -0.1) is 0 Å².